The van der Waals surface area contributed by atoms with Crippen LogP contribution in [0.1, 0.15) is 35.7 Å². The van der Waals surface area contributed by atoms with Crippen LogP contribution in [-0.2, 0) is 13.0 Å². The molecule has 1 aromatic heterocycles. The van der Waals surface area contributed by atoms with Crippen molar-refractivity contribution in [3.8, 4) is 0 Å². The summed E-state index contributed by atoms with van der Waals surface area (Å²) in [5, 5.41) is 10.7. The lowest BCUT2D eigenvalue weighted by molar-refractivity contribution is 0.206. The maximum atomic E-state index is 12.6. The summed E-state index contributed by atoms with van der Waals surface area (Å²) in [6.45, 7) is 1.39. The van der Waals surface area contributed by atoms with Crippen molar-refractivity contribution < 1.29 is 4.79 Å². The van der Waals surface area contributed by atoms with Crippen molar-refractivity contribution in [1.29, 1.82) is 0 Å². The average molecular weight is 328 g/mol. The first-order valence-corrected chi connectivity index (χ1v) is 9.23. The molecule has 2 aliphatic rings. The van der Waals surface area contributed by atoms with Crippen LogP contribution in [0.5, 0.6) is 0 Å². The van der Waals surface area contributed by atoms with Crippen molar-refractivity contribution in [2.75, 3.05) is 18.1 Å². The molecular weight excluding hydrogens is 308 g/mol. The van der Waals surface area contributed by atoms with Crippen LogP contribution in [0.2, 0.25) is 0 Å². The molecule has 6 heteroatoms. The number of urea groups is 1. The van der Waals surface area contributed by atoms with E-state index in [0.717, 1.165) is 23.5 Å². The summed E-state index contributed by atoms with van der Waals surface area (Å²) in [5.74, 6) is 0.608. The Morgan fingerprint density at radius 3 is 3.09 bits per heavy atom. The molecule has 4 rings (SSSR count). The molecule has 0 atom stereocenters. The summed E-state index contributed by atoms with van der Waals surface area (Å²) in [7, 11) is 0. The minimum absolute atomic E-state index is 0.0307. The zero-order chi connectivity index (χ0) is 15.8. The Balaban J connectivity index is 1.47. The third kappa shape index (κ3) is 2.95. The molecule has 2 heterocycles. The quantitative estimate of drug-likeness (QED) is 0.846. The van der Waals surface area contributed by atoms with Gasteiger partial charge in [-0.3, -0.25) is 5.10 Å². The van der Waals surface area contributed by atoms with E-state index in [4.69, 9.17) is 0 Å². The van der Waals surface area contributed by atoms with Crippen LogP contribution in [0.4, 0.5) is 10.5 Å². The number of nitrogens with one attached hydrogen (secondary N) is 2. The first kappa shape index (κ1) is 14.6. The van der Waals surface area contributed by atoms with Gasteiger partial charge in [-0.15, -0.1) is 11.8 Å². The van der Waals surface area contributed by atoms with E-state index in [0.29, 0.717) is 12.5 Å². The van der Waals surface area contributed by atoms with E-state index >= 15 is 0 Å². The minimum Gasteiger partial charge on any atom is -0.320 e. The number of thioether (sulfide) groups is 1. The third-order valence-corrected chi connectivity index (χ3v) is 5.26. The third-order valence-electron chi connectivity index (χ3n) is 4.54. The number of aromatic amines is 1. The molecule has 0 spiro atoms. The molecule has 2 amide bonds. The van der Waals surface area contributed by atoms with Crippen LogP contribution in [0, 0.1) is 0 Å². The van der Waals surface area contributed by atoms with Gasteiger partial charge in [-0.2, -0.15) is 5.10 Å². The average Bonchev–Trinajstić information content (AvgIpc) is 3.34. The molecule has 2 aromatic rings. The van der Waals surface area contributed by atoms with Gasteiger partial charge >= 0.3 is 6.03 Å². The Bertz CT molecular complexity index is 738. The highest BCUT2D eigenvalue weighted by Gasteiger charge is 2.33. The molecule has 120 valence electrons. The van der Waals surface area contributed by atoms with Gasteiger partial charge in [-0.1, -0.05) is 6.07 Å². The molecule has 1 aliphatic carbocycles. The van der Waals surface area contributed by atoms with Crippen LogP contribution >= 0.6 is 11.8 Å². The van der Waals surface area contributed by atoms with Gasteiger partial charge in [0, 0.05) is 40.7 Å². The van der Waals surface area contributed by atoms with E-state index in [1.165, 1.54) is 29.8 Å². The largest absolute Gasteiger partial charge is 0.322 e. The smallest absolute Gasteiger partial charge is 0.320 e. The summed E-state index contributed by atoms with van der Waals surface area (Å²) in [6.07, 6.45) is 5.34. The summed E-state index contributed by atoms with van der Waals surface area (Å²) in [6, 6.07) is 7.92. The number of nitrogens with zero attached hydrogens (tertiary/aromatic N) is 2. The standard InChI is InChI=1S/C17H20N4OS/c1-23-13-4-2-3-12(9-13)18-17(22)21-8-7-15-14(10-21)16(20-19-15)11-5-6-11/h2-4,9,11H,5-8,10H2,1H3,(H,18,22)(H,19,20). The first-order chi connectivity index (χ1) is 11.2. The fraction of sp³-hybridized carbons (Fsp3) is 0.412. The highest BCUT2D eigenvalue weighted by Crippen LogP contribution is 2.42. The molecule has 1 saturated carbocycles. The lowest BCUT2D eigenvalue weighted by atomic mass is 10.0. The number of fused-ring (bicyclic) bond motifs is 1. The Hall–Kier alpha value is -1.95. The summed E-state index contributed by atoms with van der Waals surface area (Å²) in [4.78, 5) is 15.6. The Morgan fingerprint density at radius 2 is 2.30 bits per heavy atom. The molecule has 0 saturated heterocycles. The van der Waals surface area contributed by atoms with Crippen molar-refractivity contribution in [2.45, 2.75) is 36.6 Å². The topological polar surface area (TPSA) is 61.0 Å². The molecule has 0 bridgehead atoms. The van der Waals surface area contributed by atoms with Crippen molar-refractivity contribution in [3.63, 3.8) is 0 Å². The van der Waals surface area contributed by atoms with E-state index in [-0.39, 0.29) is 6.03 Å². The molecule has 5 nitrogen and oxygen atoms in total. The number of aromatic nitrogens is 2. The van der Waals surface area contributed by atoms with E-state index in [1.807, 2.05) is 35.4 Å². The highest BCUT2D eigenvalue weighted by molar-refractivity contribution is 7.98. The highest BCUT2D eigenvalue weighted by atomic mass is 32.2. The zero-order valence-corrected chi connectivity index (χ0v) is 13.9. The number of hydrogen-bond donors (Lipinski definition) is 2. The lowest BCUT2D eigenvalue weighted by Gasteiger charge is -2.27. The fourth-order valence-corrected chi connectivity index (χ4v) is 3.55. The molecule has 1 aromatic carbocycles. The van der Waals surface area contributed by atoms with E-state index in [2.05, 4.69) is 15.5 Å². The molecule has 0 radical (unpaired) electrons. The van der Waals surface area contributed by atoms with Gasteiger partial charge in [0.05, 0.1) is 12.2 Å². The van der Waals surface area contributed by atoms with Crippen molar-refractivity contribution >= 4 is 23.5 Å². The Kier molecular flexibility index (Phi) is 3.77. The van der Waals surface area contributed by atoms with Crippen molar-refractivity contribution in [1.82, 2.24) is 15.1 Å². The summed E-state index contributed by atoms with van der Waals surface area (Å²) < 4.78 is 0. The predicted octanol–water partition coefficient (Wildman–Crippen LogP) is 3.60. The van der Waals surface area contributed by atoms with Crippen molar-refractivity contribution in [2.24, 2.45) is 0 Å². The fourth-order valence-electron chi connectivity index (χ4n) is 3.09. The van der Waals surface area contributed by atoms with Crippen LogP contribution in [0.3, 0.4) is 0 Å². The SMILES string of the molecule is CSc1cccc(NC(=O)N2CCc3[nH]nc(C4CC4)c3C2)c1. The van der Waals surface area contributed by atoms with Gasteiger partial charge in [0.2, 0.25) is 0 Å². The van der Waals surface area contributed by atoms with E-state index < -0.39 is 0 Å². The molecule has 1 fully saturated rings. The molecular formula is C17H20N4OS. The summed E-state index contributed by atoms with van der Waals surface area (Å²) in [5.41, 5.74) is 4.48. The number of carbonyl (C=O) groups excluding carboxylic acids is 1. The first-order valence-electron chi connectivity index (χ1n) is 8.00. The van der Waals surface area contributed by atoms with Crippen LogP contribution in [0.15, 0.2) is 29.2 Å². The number of amides is 2. The molecule has 23 heavy (non-hydrogen) atoms. The number of rotatable bonds is 3. The number of benzene rings is 1. The van der Waals surface area contributed by atoms with Crippen molar-refractivity contribution in [3.05, 3.63) is 41.2 Å². The summed E-state index contributed by atoms with van der Waals surface area (Å²) >= 11 is 1.67. The second kappa shape index (κ2) is 5.92. The van der Waals surface area contributed by atoms with E-state index in [1.54, 1.807) is 11.8 Å². The number of hydrogen-bond acceptors (Lipinski definition) is 3. The van der Waals surface area contributed by atoms with Crippen LogP contribution < -0.4 is 5.32 Å². The number of anilines is 1. The monoisotopic (exact) mass is 328 g/mol. The van der Waals surface area contributed by atoms with Gasteiger partial charge in [0.25, 0.3) is 0 Å². The maximum absolute atomic E-state index is 12.6. The second-order valence-corrected chi connectivity index (χ2v) is 7.05. The van der Waals surface area contributed by atoms with E-state index in [9.17, 15) is 4.79 Å². The molecule has 0 unspecified atom stereocenters. The maximum Gasteiger partial charge on any atom is 0.322 e. The van der Waals surface area contributed by atoms with Crippen LogP contribution in [0.25, 0.3) is 0 Å². The number of carbonyl (C=O) groups is 1. The predicted molar refractivity (Wildman–Crippen MR) is 91.9 cm³/mol. The molecule has 1 aliphatic heterocycles. The van der Waals surface area contributed by atoms with Gasteiger partial charge < -0.3 is 10.2 Å². The lowest BCUT2D eigenvalue weighted by Crippen LogP contribution is -2.39. The van der Waals surface area contributed by atoms with Gasteiger partial charge in [-0.25, -0.2) is 4.79 Å². The van der Waals surface area contributed by atoms with Gasteiger partial charge in [0.1, 0.15) is 0 Å². The zero-order valence-electron chi connectivity index (χ0n) is 13.1. The minimum atomic E-state index is -0.0307. The number of H-pyrrole nitrogens is 1. The Morgan fingerprint density at radius 1 is 1.43 bits per heavy atom. The van der Waals surface area contributed by atoms with Gasteiger partial charge in [0.15, 0.2) is 0 Å². The second-order valence-electron chi connectivity index (χ2n) is 6.17. The van der Waals surface area contributed by atoms with Crippen LogP contribution in [-0.4, -0.2) is 33.9 Å². The Labute approximate surface area is 139 Å². The molecule has 2 N–H and O–H groups in total. The van der Waals surface area contributed by atoms with Gasteiger partial charge in [-0.05, 0) is 37.3 Å². The normalized spacial score (nSPS) is 17.0.